The minimum Gasteiger partial charge on any atom is -0.345 e. The number of hydrogen-bond acceptors (Lipinski definition) is 5. The lowest BCUT2D eigenvalue weighted by Gasteiger charge is -2.26. The van der Waals surface area contributed by atoms with E-state index in [0.29, 0.717) is 5.02 Å². The zero-order valence-electron chi connectivity index (χ0n) is 16.1. The summed E-state index contributed by atoms with van der Waals surface area (Å²) in [6.45, 7) is 0. The molecule has 156 valence electrons. The van der Waals surface area contributed by atoms with Crippen LogP contribution in [0.15, 0.2) is 75.4 Å². The number of ketones is 1. The third-order valence-electron chi connectivity index (χ3n) is 5.52. The normalized spacial score (nSPS) is 18.5. The van der Waals surface area contributed by atoms with E-state index < -0.39 is 15.7 Å². The maximum Gasteiger partial charge on any atom is 0.251 e. The van der Waals surface area contributed by atoms with Gasteiger partial charge in [-0.2, -0.15) is 0 Å². The van der Waals surface area contributed by atoms with Gasteiger partial charge in [0.05, 0.1) is 15.8 Å². The summed E-state index contributed by atoms with van der Waals surface area (Å²) >= 11 is 7.85. The van der Waals surface area contributed by atoms with E-state index in [1.807, 2.05) is 18.2 Å². The van der Waals surface area contributed by atoms with Crippen molar-refractivity contribution in [3.8, 4) is 0 Å². The molecule has 0 bridgehead atoms. The van der Waals surface area contributed by atoms with Crippen LogP contribution in [0.25, 0.3) is 0 Å². The molecule has 2 aliphatic rings. The summed E-state index contributed by atoms with van der Waals surface area (Å²) < 4.78 is 26.2. The predicted octanol–water partition coefficient (Wildman–Crippen LogP) is 4.68. The highest BCUT2D eigenvalue weighted by molar-refractivity contribution is 7.99. The summed E-state index contributed by atoms with van der Waals surface area (Å²) in [4.78, 5) is 26.7. The summed E-state index contributed by atoms with van der Waals surface area (Å²) in [5.74, 6) is 0.0936. The van der Waals surface area contributed by atoms with Crippen molar-refractivity contribution in [2.45, 2.75) is 27.1 Å². The van der Waals surface area contributed by atoms with E-state index in [-0.39, 0.29) is 38.3 Å². The van der Waals surface area contributed by atoms with Crippen molar-refractivity contribution in [2.75, 3.05) is 5.75 Å². The molecule has 3 aromatic carbocycles. The second kappa shape index (κ2) is 7.51. The highest BCUT2D eigenvalue weighted by Gasteiger charge is 2.35. The third-order valence-corrected chi connectivity index (χ3v) is 8.73. The minimum absolute atomic E-state index is 0.0297. The van der Waals surface area contributed by atoms with E-state index >= 15 is 0 Å². The summed E-state index contributed by atoms with van der Waals surface area (Å²) in [6, 6.07) is 15.7. The average molecular weight is 470 g/mol. The molecule has 2 aliphatic heterocycles. The van der Waals surface area contributed by atoms with Crippen LogP contribution in [-0.4, -0.2) is 25.9 Å². The van der Waals surface area contributed by atoms with Crippen LogP contribution < -0.4 is 5.32 Å². The summed E-state index contributed by atoms with van der Waals surface area (Å²) in [7, 11) is -3.90. The highest BCUT2D eigenvalue weighted by Crippen LogP contribution is 2.38. The van der Waals surface area contributed by atoms with Gasteiger partial charge in [-0.05, 0) is 60.5 Å². The Bertz CT molecular complexity index is 1370. The molecule has 1 atom stereocenters. The van der Waals surface area contributed by atoms with Crippen LogP contribution in [0.5, 0.6) is 0 Å². The second-order valence-corrected chi connectivity index (χ2v) is 10.8. The topological polar surface area (TPSA) is 80.3 Å². The molecule has 0 radical (unpaired) electrons. The first-order valence-corrected chi connectivity index (χ1v) is 12.5. The van der Waals surface area contributed by atoms with Gasteiger partial charge in [0.1, 0.15) is 0 Å². The number of halogens is 1. The van der Waals surface area contributed by atoms with Gasteiger partial charge in [-0.15, -0.1) is 11.8 Å². The number of fused-ring (bicyclic) bond motifs is 3. The quantitative estimate of drug-likeness (QED) is 0.461. The first kappa shape index (κ1) is 20.3. The molecule has 31 heavy (non-hydrogen) atoms. The molecule has 0 saturated heterocycles. The van der Waals surface area contributed by atoms with Gasteiger partial charge in [-0.25, -0.2) is 8.42 Å². The fourth-order valence-electron chi connectivity index (χ4n) is 3.98. The van der Waals surface area contributed by atoms with E-state index in [1.54, 1.807) is 23.9 Å². The predicted molar refractivity (Wildman–Crippen MR) is 119 cm³/mol. The van der Waals surface area contributed by atoms with Crippen LogP contribution >= 0.6 is 23.4 Å². The van der Waals surface area contributed by atoms with Crippen LogP contribution in [-0.2, 0) is 9.84 Å². The monoisotopic (exact) mass is 469 g/mol. The maximum absolute atomic E-state index is 13.1. The Morgan fingerprint density at radius 2 is 1.77 bits per heavy atom. The fourth-order valence-corrected chi connectivity index (χ4v) is 6.95. The Kier molecular flexibility index (Phi) is 4.92. The lowest BCUT2D eigenvalue weighted by molar-refractivity contribution is 0.0933. The van der Waals surface area contributed by atoms with Gasteiger partial charge in [0.25, 0.3) is 5.91 Å². The molecule has 0 saturated carbocycles. The van der Waals surface area contributed by atoms with Gasteiger partial charge in [-0.3, -0.25) is 9.59 Å². The first-order valence-electron chi connectivity index (χ1n) is 9.62. The zero-order chi connectivity index (χ0) is 21.8. The lowest BCUT2D eigenvalue weighted by atomic mass is 10.00. The molecular weight excluding hydrogens is 454 g/mol. The van der Waals surface area contributed by atoms with Crippen LogP contribution in [0, 0.1) is 0 Å². The van der Waals surface area contributed by atoms with Crippen LogP contribution in [0.3, 0.4) is 0 Å². The first-order chi connectivity index (χ1) is 14.9. The number of sulfone groups is 1. The van der Waals surface area contributed by atoms with Crippen molar-refractivity contribution in [1.82, 2.24) is 5.32 Å². The van der Waals surface area contributed by atoms with Gasteiger partial charge < -0.3 is 5.32 Å². The van der Waals surface area contributed by atoms with Crippen LogP contribution in [0.1, 0.15) is 44.3 Å². The molecule has 0 aromatic heterocycles. The Hall–Kier alpha value is -2.61. The largest absolute Gasteiger partial charge is 0.345 e. The number of rotatable bonds is 2. The van der Waals surface area contributed by atoms with Gasteiger partial charge in [-0.1, -0.05) is 23.7 Å². The van der Waals surface area contributed by atoms with Crippen LogP contribution in [0.2, 0.25) is 5.02 Å². The number of hydrogen-bond donors (Lipinski definition) is 1. The molecule has 0 spiro atoms. The Labute approximate surface area is 188 Å². The molecule has 5 nitrogen and oxygen atoms in total. The van der Waals surface area contributed by atoms with Crippen molar-refractivity contribution in [3.63, 3.8) is 0 Å². The molecule has 1 amide bonds. The van der Waals surface area contributed by atoms with Gasteiger partial charge in [0, 0.05) is 32.4 Å². The van der Waals surface area contributed by atoms with E-state index in [0.717, 1.165) is 22.6 Å². The van der Waals surface area contributed by atoms with E-state index in [1.165, 1.54) is 30.3 Å². The molecule has 0 aliphatic carbocycles. The summed E-state index contributed by atoms with van der Waals surface area (Å²) in [5, 5.41) is 3.59. The molecule has 3 aromatic rings. The number of thioether (sulfide) groups is 1. The number of amides is 1. The molecule has 8 heteroatoms. The third kappa shape index (κ3) is 3.37. The Morgan fingerprint density at radius 3 is 2.61 bits per heavy atom. The molecule has 1 N–H and O–H groups in total. The second-order valence-electron chi connectivity index (χ2n) is 7.38. The van der Waals surface area contributed by atoms with Crippen LogP contribution in [0.4, 0.5) is 0 Å². The number of carbonyl (C=O) groups excluding carboxylic acids is 2. The van der Waals surface area contributed by atoms with E-state index in [9.17, 15) is 18.0 Å². The van der Waals surface area contributed by atoms with Gasteiger partial charge >= 0.3 is 0 Å². The Morgan fingerprint density at radius 1 is 1.00 bits per heavy atom. The molecule has 0 fully saturated rings. The van der Waals surface area contributed by atoms with Crippen molar-refractivity contribution in [1.29, 1.82) is 0 Å². The molecule has 0 unspecified atom stereocenters. The number of benzene rings is 3. The molecular formula is C23H16ClNO4S2. The smallest absolute Gasteiger partial charge is 0.251 e. The minimum atomic E-state index is -3.90. The Balaban J connectivity index is 1.50. The highest BCUT2D eigenvalue weighted by atomic mass is 35.5. The SMILES string of the molecule is O=C(N[C@H]1CCSc2ccc(Cl)cc21)c1ccc2c(c1)S(=O)(=O)c1ccccc1C2=O. The summed E-state index contributed by atoms with van der Waals surface area (Å²) in [6.07, 6.45) is 0.735. The van der Waals surface area contributed by atoms with Gasteiger partial charge in [0.2, 0.25) is 9.84 Å². The number of carbonyl (C=O) groups is 2. The van der Waals surface area contributed by atoms with Gasteiger partial charge in [0.15, 0.2) is 5.78 Å². The van der Waals surface area contributed by atoms with Crippen molar-refractivity contribution >= 4 is 44.9 Å². The standard InChI is InChI=1S/C23H16ClNO4S2/c24-14-6-8-19-17(12-14)18(9-10-30-19)25-23(27)13-5-7-16-21(11-13)31(28,29)20-4-2-1-3-15(20)22(16)26/h1-8,11-12,18H,9-10H2,(H,25,27)/t18-/m0/s1. The lowest BCUT2D eigenvalue weighted by Crippen LogP contribution is -2.31. The fraction of sp³-hybridized carbons (Fsp3) is 0.130. The zero-order valence-corrected chi connectivity index (χ0v) is 18.5. The number of nitrogens with one attached hydrogen (secondary N) is 1. The van der Waals surface area contributed by atoms with E-state index in [4.69, 9.17) is 11.6 Å². The summed E-state index contributed by atoms with van der Waals surface area (Å²) in [5.41, 5.74) is 1.38. The van der Waals surface area contributed by atoms with Crippen molar-refractivity contribution in [3.05, 3.63) is 87.9 Å². The van der Waals surface area contributed by atoms with Crippen molar-refractivity contribution < 1.29 is 18.0 Å². The molecule has 2 heterocycles. The van der Waals surface area contributed by atoms with E-state index in [2.05, 4.69) is 5.32 Å². The average Bonchev–Trinajstić information content (AvgIpc) is 2.78. The maximum atomic E-state index is 13.1. The molecule has 5 rings (SSSR count). The van der Waals surface area contributed by atoms with Crippen molar-refractivity contribution in [2.24, 2.45) is 0 Å².